The number of para-hydroxylation sites is 2. The largest absolute Gasteiger partial charge is 0.493 e. The summed E-state index contributed by atoms with van der Waals surface area (Å²) in [4.78, 5) is 0. The standard InChI is InChI=1S/C13H16N4O3/c1-8-11(12(14)16-18)13(17(2)15-8)20-10-7-5-4-6-9(10)19-3/h4-7,18H,1-3H3,(H2,14,16). The Hall–Kier alpha value is -2.70. The Kier molecular flexibility index (Phi) is 3.79. The number of benzene rings is 1. The van der Waals surface area contributed by atoms with Crippen molar-refractivity contribution in [2.75, 3.05) is 7.11 Å². The average Bonchev–Trinajstić information content (AvgIpc) is 2.73. The van der Waals surface area contributed by atoms with Crippen molar-refractivity contribution in [1.82, 2.24) is 9.78 Å². The van der Waals surface area contributed by atoms with Crippen LogP contribution < -0.4 is 15.2 Å². The van der Waals surface area contributed by atoms with Crippen molar-refractivity contribution >= 4 is 5.84 Å². The van der Waals surface area contributed by atoms with E-state index in [-0.39, 0.29) is 5.84 Å². The highest BCUT2D eigenvalue weighted by Gasteiger charge is 2.20. The van der Waals surface area contributed by atoms with Gasteiger partial charge in [0, 0.05) is 7.05 Å². The van der Waals surface area contributed by atoms with Gasteiger partial charge in [0.1, 0.15) is 5.56 Å². The smallest absolute Gasteiger partial charge is 0.229 e. The molecule has 2 aromatic rings. The van der Waals surface area contributed by atoms with E-state index >= 15 is 0 Å². The highest BCUT2D eigenvalue weighted by molar-refractivity contribution is 6.00. The number of methoxy groups -OCH3 is 1. The van der Waals surface area contributed by atoms with E-state index in [4.69, 9.17) is 20.4 Å². The molecule has 0 aliphatic rings. The topological polar surface area (TPSA) is 94.9 Å². The molecule has 0 amide bonds. The Morgan fingerprint density at radius 3 is 2.60 bits per heavy atom. The Morgan fingerprint density at radius 1 is 1.35 bits per heavy atom. The van der Waals surface area contributed by atoms with Gasteiger partial charge in [-0.15, -0.1) is 0 Å². The van der Waals surface area contributed by atoms with Crippen LogP contribution in [-0.4, -0.2) is 27.9 Å². The third-order valence-corrected chi connectivity index (χ3v) is 2.81. The summed E-state index contributed by atoms with van der Waals surface area (Å²) in [5, 5.41) is 16.1. The van der Waals surface area contributed by atoms with Gasteiger partial charge in [-0.3, -0.25) is 0 Å². The number of amidine groups is 1. The summed E-state index contributed by atoms with van der Waals surface area (Å²) >= 11 is 0. The summed E-state index contributed by atoms with van der Waals surface area (Å²) in [5.41, 5.74) is 6.72. The Morgan fingerprint density at radius 2 is 2.00 bits per heavy atom. The molecule has 7 heteroatoms. The van der Waals surface area contributed by atoms with Crippen molar-refractivity contribution in [3.05, 3.63) is 35.5 Å². The van der Waals surface area contributed by atoms with Crippen LogP contribution >= 0.6 is 0 Å². The van der Waals surface area contributed by atoms with E-state index in [0.29, 0.717) is 28.6 Å². The molecule has 0 aliphatic carbocycles. The van der Waals surface area contributed by atoms with Crippen molar-refractivity contribution in [1.29, 1.82) is 0 Å². The molecule has 2 rings (SSSR count). The number of aryl methyl sites for hydroxylation is 2. The SMILES string of the molecule is COc1ccccc1Oc1c(C(N)=NO)c(C)nn1C. The summed E-state index contributed by atoms with van der Waals surface area (Å²) in [7, 11) is 3.27. The zero-order valence-corrected chi connectivity index (χ0v) is 11.5. The van der Waals surface area contributed by atoms with Crippen LogP contribution in [0.25, 0.3) is 0 Å². The van der Waals surface area contributed by atoms with Gasteiger partial charge in [0.05, 0.1) is 12.8 Å². The van der Waals surface area contributed by atoms with Gasteiger partial charge in [-0.05, 0) is 19.1 Å². The molecule has 0 radical (unpaired) electrons. The minimum Gasteiger partial charge on any atom is -0.493 e. The number of ether oxygens (including phenoxy) is 2. The molecule has 0 saturated heterocycles. The molecule has 1 aromatic carbocycles. The van der Waals surface area contributed by atoms with E-state index in [1.165, 1.54) is 4.68 Å². The quantitative estimate of drug-likeness (QED) is 0.383. The minimum absolute atomic E-state index is 0.0551. The first kappa shape index (κ1) is 13.7. The van der Waals surface area contributed by atoms with Gasteiger partial charge >= 0.3 is 0 Å². The van der Waals surface area contributed by atoms with Crippen LogP contribution in [-0.2, 0) is 7.05 Å². The van der Waals surface area contributed by atoms with Crippen LogP contribution in [0.2, 0.25) is 0 Å². The molecule has 20 heavy (non-hydrogen) atoms. The molecule has 106 valence electrons. The number of aromatic nitrogens is 2. The van der Waals surface area contributed by atoms with Gasteiger partial charge in [0.25, 0.3) is 0 Å². The molecular weight excluding hydrogens is 260 g/mol. The van der Waals surface area contributed by atoms with E-state index in [1.807, 2.05) is 12.1 Å². The van der Waals surface area contributed by atoms with Crippen LogP contribution in [0.1, 0.15) is 11.3 Å². The van der Waals surface area contributed by atoms with E-state index in [0.717, 1.165) is 0 Å². The second-order valence-electron chi connectivity index (χ2n) is 4.13. The number of hydrogen-bond acceptors (Lipinski definition) is 5. The van der Waals surface area contributed by atoms with Crippen LogP contribution in [0.3, 0.4) is 0 Å². The van der Waals surface area contributed by atoms with Crippen molar-refractivity contribution in [2.45, 2.75) is 6.92 Å². The minimum atomic E-state index is -0.0551. The molecule has 3 N–H and O–H groups in total. The van der Waals surface area contributed by atoms with E-state index in [9.17, 15) is 0 Å². The maximum absolute atomic E-state index is 8.86. The molecule has 0 unspecified atom stereocenters. The fourth-order valence-corrected chi connectivity index (χ4v) is 1.91. The van der Waals surface area contributed by atoms with Gasteiger partial charge in [0.2, 0.25) is 5.88 Å². The van der Waals surface area contributed by atoms with Crippen molar-refractivity contribution in [3.63, 3.8) is 0 Å². The molecular formula is C13H16N4O3. The molecule has 0 saturated carbocycles. The molecule has 0 bridgehead atoms. The monoisotopic (exact) mass is 276 g/mol. The first-order chi connectivity index (χ1) is 9.58. The van der Waals surface area contributed by atoms with E-state index in [2.05, 4.69) is 10.3 Å². The maximum atomic E-state index is 8.86. The van der Waals surface area contributed by atoms with E-state index < -0.39 is 0 Å². The predicted molar refractivity (Wildman–Crippen MR) is 73.5 cm³/mol. The predicted octanol–water partition coefficient (Wildman–Crippen LogP) is 1.62. The Bertz CT molecular complexity index is 649. The van der Waals surface area contributed by atoms with Gasteiger partial charge < -0.3 is 20.4 Å². The van der Waals surface area contributed by atoms with Crippen LogP contribution in [0, 0.1) is 6.92 Å². The maximum Gasteiger partial charge on any atom is 0.229 e. The number of hydrogen-bond donors (Lipinski definition) is 2. The van der Waals surface area contributed by atoms with E-state index in [1.54, 1.807) is 33.2 Å². The van der Waals surface area contributed by atoms with Gasteiger partial charge in [-0.25, -0.2) is 4.68 Å². The highest BCUT2D eigenvalue weighted by Crippen LogP contribution is 2.33. The fourth-order valence-electron chi connectivity index (χ4n) is 1.91. The molecule has 0 aliphatic heterocycles. The van der Waals surface area contributed by atoms with Crippen LogP contribution in [0.4, 0.5) is 0 Å². The summed E-state index contributed by atoms with van der Waals surface area (Å²) < 4.78 is 12.6. The number of nitrogens with two attached hydrogens (primary N) is 1. The van der Waals surface area contributed by atoms with Crippen molar-refractivity contribution < 1.29 is 14.7 Å². The molecule has 0 spiro atoms. The zero-order chi connectivity index (χ0) is 14.7. The lowest BCUT2D eigenvalue weighted by molar-refractivity contribution is 0.318. The summed E-state index contributed by atoms with van der Waals surface area (Å²) in [6.45, 7) is 1.75. The third kappa shape index (κ3) is 2.37. The van der Waals surface area contributed by atoms with Gasteiger partial charge in [-0.2, -0.15) is 5.10 Å². The summed E-state index contributed by atoms with van der Waals surface area (Å²) in [6, 6.07) is 7.20. The first-order valence-electron chi connectivity index (χ1n) is 5.90. The Labute approximate surface area is 116 Å². The second kappa shape index (κ2) is 5.52. The molecule has 0 fully saturated rings. The van der Waals surface area contributed by atoms with Crippen molar-refractivity contribution in [2.24, 2.45) is 17.9 Å². The molecule has 1 aromatic heterocycles. The lowest BCUT2D eigenvalue weighted by atomic mass is 10.2. The number of oxime groups is 1. The first-order valence-corrected chi connectivity index (χ1v) is 5.90. The molecule has 0 atom stereocenters. The highest BCUT2D eigenvalue weighted by atomic mass is 16.5. The van der Waals surface area contributed by atoms with Gasteiger partial charge in [0.15, 0.2) is 17.3 Å². The van der Waals surface area contributed by atoms with Gasteiger partial charge in [-0.1, -0.05) is 17.3 Å². The summed E-state index contributed by atoms with van der Waals surface area (Å²) in [5.74, 6) is 1.42. The molecule has 1 heterocycles. The number of rotatable bonds is 4. The zero-order valence-electron chi connectivity index (χ0n) is 11.5. The molecule has 7 nitrogen and oxygen atoms in total. The average molecular weight is 276 g/mol. The van der Waals surface area contributed by atoms with Crippen LogP contribution in [0.15, 0.2) is 29.4 Å². The lowest BCUT2D eigenvalue weighted by Crippen LogP contribution is -2.15. The number of nitrogens with zero attached hydrogens (tertiary/aromatic N) is 3. The van der Waals surface area contributed by atoms with Crippen LogP contribution in [0.5, 0.6) is 17.4 Å². The normalized spacial score (nSPS) is 11.4. The van der Waals surface area contributed by atoms with Crippen molar-refractivity contribution in [3.8, 4) is 17.4 Å². The fraction of sp³-hybridized carbons (Fsp3) is 0.231. The summed E-state index contributed by atoms with van der Waals surface area (Å²) in [6.07, 6.45) is 0. The second-order valence-corrected chi connectivity index (χ2v) is 4.13. The Balaban J connectivity index is 2.49. The lowest BCUT2D eigenvalue weighted by Gasteiger charge is -2.11. The third-order valence-electron chi connectivity index (χ3n) is 2.81.